The minimum atomic E-state index is -0.866. The fraction of sp³-hybridized carbons (Fsp3) is 0.294. The number of ether oxygens (including phenoxy) is 1. The van der Waals surface area contributed by atoms with Crippen molar-refractivity contribution < 1.29 is 13.9 Å². The molecule has 1 heterocycles. The van der Waals surface area contributed by atoms with E-state index in [1.807, 2.05) is 13.0 Å². The van der Waals surface area contributed by atoms with E-state index in [9.17, 15) is 10.1 Å². The Kier molecular flexibility index (Phi) is 4.13. The summed E-state index contributed by atoms with van der Waals surface area (Å²) in [6, 6.07) is 9.12. The Bertz CT molecular complexity index is 722. The predicted octanol–water partition coefficient (Wildman–Crippen LogP) is 3.70. The first-order valence-corrected chi connectivity index (χ1v) is 6.63. The number of methoxy groups -OCH3 is 1. The zero-order valence-corrected chi connectivity index (χ0v) is 12.6. The second-order valence-electron chi connectivity index (χ2n) is 4.98. The molecule has 1 unspecified atom stereocenters. The molecule has 0 fully saturated rings. The van der Waals surface area contributed by atoms with Gasteiger partial charge in [-0.05, 0) is 44.0 Å². The summed E-state index contributed by atoms with van der Waals surface area (Å²) in [5.41, 5.74) is 2.04. The largest absolute Gasteiger partial charge is 0.496 e. The van der Waals surface area contributed by atoms with Crippen LogP contribution >= 0.6 is 0 Å². The third kappa shape index (κ3) is 2.82. The lowest BCUT2D eigenvalue weighted by Gasteiger charge is -2.11. The lowest BCUT2D eigenvalue weighted by Crippen LogP contribution is -2.12. The van der Waals surface area contributed by atoms with Crippen LogP contribution < -0.4 is 4.74 Å². The maximum absolute atomic E-state index is 12.6. The number of nitrogens with zero attached hydrogens (tertiary/aromatic N) is 1. The Morgan fingerprint density at radius 1 is 1.29 bits per heavy atom. The van der Waals surface area contributed by atoms with Gasteiger partial charge in [-0.3, -0.25) is 4.79 Å². The van der Waals surface area contributed by atoms with Crippen molar-refractivity contribution in [3.05, 3.63) is 52.5 Å². The predicted molar refractivity (Wildman–Crippen MR) is 78.6 cm³/mol. The molecule has 0 aliphatic rings. The molecule has 0 amide bonds. The van der Waals surface area contributed by atoms with Crippen molar-refractivity contribution in [3.8, 4) is 11.8 Å². The molecule has 0 radical (unpaired) electrons. The van der Waals surface area contributed by atoms with E-state index in [1.165, 1.54) is 0 Å². The van der Waals surface area contributed by atoms with Gasteiger partial charge in [0.25, 0.3) is 0 Å². The first kappa shape index (κ1) is 14.9. The molecule has 0 bridgehead atoms. The van der Waals surface area contributed by atoms with Crippen molar-refractivity contribution in [2.45, 2.75) is 26.7 Å². The van der Waals surface area contributed by atoms with E-state index >= 15 is 0 Å². The molecule has 4 heteroatoms. The standard InChI is InChI=1S/C17H17NO3/c1-10-5-6-13(8-16(10)20-4)15(9-18)17(19)14-7-11(2)21-12(14)3/h5-8,15H,1-4H3. The lowest BCUT2D eigenvalue weighted by atomic mass is 9.91. The molecule has 108 valence electrons. The molecule has 1 aromatic carbocycles. The van der Waals surface area contributed by atoms with E-state index in [0.29, 0.717) is 28.4 Å². The molecular weight excluding hydrogens is 266 g/mol. The van der Waals surface area contributed by atoms with Crippen molar-refractivity contribution in [2.75, 3.05) is 7.11 Å². The fourth-order valence-electron chi connectivity index (χ4n) is 2.33. The number of rotatable bonds is 4. The first-order valence-electron chi connectivity index (χ1n) is 6.63. The highest BCUT2D eigenvalue weighted by Gasteiger charge is 2.25. The number of hydrogen-bond donors (Lipinski definition) is 0. The molecule has 21 heavy (non-hydrogen) atoms. The summed E-state index contributed by atoms with van der Waals surface area (Å²) < 4.78 is 10.6. The Labute approximate surface area is 124 Å². The van der Waals surface area contributed by atoms with Crippen LogP contribution in [0.5, 0.6) is 5.75 Å². The molecule has 0 saturated heterocycles. The van der Waals surface area contributed by atoms with Crippen LogP contribution in [0.25, 0.3) is 0 Å². The molecule has 0 aliphatic carbocycles. The number of furan rings is 1. The SMILES string of the molecule is COc1cc(C(C#N)C(=O)c2cc(C)oc2C)ccc1C. The number of ketones is 1. The number of carbonyl (C=O) groups excluding carboxylic acids is 1. The van der Waals surface area contributed by atoms with E-state index in [-0.39, 0.29) is 5.78 Å². The van der Waals surface area contributed by atoms with Crippen LogP contribution in [-0.4, -0.2) is 12.9 Å². The van der Waals surface area contributed by atoms with Crippen LogP contribution in [0, 0.1) is 32.1 Å². The molecule has 4 nitrogen and oxygen atoms in total. The van der Waals surface area contributed by atoms with E-state index in [2.05, 4.69) is 6.07 Å². The Morgan fingerprint density at radius 2 is 2.00 bits per heavy atom. The van der Waals surface area contributed by atoms with Crippen molar-refractivity contribution >= 4 is 5.78 Å². The Morgan fingerprint density at radius 3 is 2.52 bits per heavy atom. The lowest BCUT2D eigenvalue weighted by molar-refractivity contribution is 0.0977. The maximum atomic E-state index is 12.6. The zero-order valence-electron chi connectivity index (χ0n) is 12.6. The van der Waals surface area contributed by atoms with Gasteiger partial charge in [0.05, 0.1) is 18.7 Å². The van der Waals surface area contributed by atoms with Gasteiger partial charge in [-0.2, -0.15) is 5.26 Å². The van der Waals surface area contributed by atoms with Gasteiger partial charge in [-0.25, -0.2) is 0 Å². The van der Waals surface area contributed by atoms with E-state index in [0.717, 1.165) is 5.56 Å². The summed E-state index contributed by atoms with van der Waals surface area (Å²) >= 11 is 0. The van der Waals surface area contributed by atoms with Crippen molar-refractivity contribution in [1.29, 1.82) is 5.26 Å². The van der Waals surface area contributed by atoms with Crippen molar-refractivity contribution in [2.24, 2.45) is 0 Å². The van der Waals surface area contributed by atoms with Crippen molar-refractivity contribution in [3.63, 3.8) is 0 Å². The highest BCUT2D eigenvalue weighted by atomic mass is 16.5. The molecule has 1 atom stereocenters. The highest BCUT2D eigenvalue weighted by Crippen LogP contribution is 2.28. The van der Waals surface area contributed by atoms with Gasteiger partial charge in [-0.1, -0.05) is 12.1 Å². The summed E-state index contributed by atoms with van der Waals surface area (Å²) in [5.74, 6) is 0.749. The molecule has 1 aromatic heterocycles. The van der Waals surface area contributed by atoms with E-state index < -0.39 is 5.92 Å². The number of Topliss-reactive ketones (excluding diaryl/α,β-unsaturated/α-hetero) is 1. The zero-order chi connectivity index (χ0) is 15.6. The van der Waals surface area contributed by atoms with Gasteiger partial charge in [-0.15, -0.1) is 0 Å². The average Bonchev–Trinajstić information content (AvgIpc) is 2.80. The number of hydrogen-bond acceptors (Lipinski definition) is 4. The van der Waals surface area contributed by atoms with Crippen LogP contribution in [-0.2, 0) is 0 Å². The number of nitriles is 1. The van der Waals surface area contributed by atoms with Crippen LogP contribution in [0.3, 0.4) is 0 Å². The van der Waals surface area contributed by atoms with Crippen LogP contribution in [0.15, 0.2) is 28.7 Å². The van der Waals surface area contributed by atoms with Gasteiger partial charge in [0.15, 0.2) is 5.78 Å². The third-order valence-electron chi connectivity index (χ3n) is 3.46. The third-order valence-corrected chi connectivity index (χ3v) is 3.46. The summed E-state index contributed by atoms with van der Waals surface area (Å²) in [4.78, 5) is 12.6. The summed E-state index contributed by atoms with van der Waals surface area (Å²) in [5, 5.41) is 9.40. The normalized spacial score (nSPS) is 11.8. The molecule has 0 aliphatic heterocycles. The van der Waals surface area contributed by atoms with Gasteiger partial charge >= 0.3 is 0 Å². The second kappa shape index (κ2) is 5.84. The Hall–Kier alpha value is -2.54. The van der Waals surface area contributed by atoms with Crippen LogP contribution in [0.4, 0.5) is 0 Å². The van der Waals surface area contributed by atoms with Gasteiger partial charge in [0.2, 0.25) is 0 Å². The van der Waals surface area contributed by atoms with Gasteiger partial charge in [0.1, 0.15) is 23.2 Å². The number of aryl methyl sites for hydroxylation is 3. The summed E-state index contributed by atoms with van der Waals surface area (Å²) in [7, 11) is 1.57. The monoisotopic (exact) mass is 283 g/mol. The Balaban J connectivity index is 2.43. The minimum Gasteiger partial charge on any atom is -0.496 e. The van der Waals surface area contributed by atoms with Gasteiger partial charge in [0, 0.05) is 0 Å². The van der Waals surface area contributed by atoms with Gasteiger partial charge < -0.3 is 9.15 Å². The molecule has 0 N–H and O–H groups in total. The van der Waals surface area contributed by atoms with Crippen LogP contribution in [0.2, 0.25) is 0 Å². The average molecular weight is 283 g/mol. The molecule has 2 aromatic rings. The summed E-state index contributed by atoms with van der Waals surface area (Å²) in [6.45, 7) is 5.42. The minimum absolute atomic E-state index is 0.252. The van der Waals surface area contributed by atoms with Crippen LogP contribution in [0.1, 0.15) is 38.9 Å². The van der Waals surface area contributed by atoms with E-state index in [4.69, 9.17) is 9.15 Å². The van der Waals surface area contributed by atoms with E-state index in [1.54, 1.807) is 39.2 Å². The topological polar surface area (TPSA) is 63.2 Å². The fourth-order valence-corrected chi connectivity index (χ4v) is 2.33. The molecular formula is C17H17NO3. The van der Waals surface area contributed by atoms with Crippen molar-refractivity contribution in [1.82, 2.24) is 0 Å². The smallest absolute Gasteiger partial charge is 0.187 e. The first-order chi connectivity index (χ1) is 9.97. The number of benzene rings is 1. The molecule has 0 saturated carbocycles. The summed E-state index contributed by atoms with van der Waals surface area (Å²) in [6.07, 6.45) is 0. The maximum Gasteiger partial charge on any atom is 0.187 e. The number of carbonyl (C=O) groups is 1. The quantitative estimate of drug-likeness (QED) is 0.802. The molecule has 0 spiro atoms. The second-order valence-corrected chi connectivity index (χ2v) is 4.98. The molecule has 2 rings (SSSR count). The highest BCUT2D eigenvalue weighted by molar-refractivity contribution is 6.03.